The number of hydrogen-bond donors (Lipinski definition) is 0. The number of carbonyl (C=O) groups is 4. The topological polar surface area (TPSA) is 119 Å². The number of benzene rings is 1. The van der Waals surface area contributed by atoms with Crippen LogP contribution in [-0.2, 0) is 14.4 Å². The van der Waals surface area contributed by atoms with Crippen LogP contribution in [0.4, 0.5) is 0 Å². The predicted molar refractivity (Wildman–Crippen MR) is 89.1 cm³/mol. The Morgan fingerprint density at radius 2 is 1.17 bits per heavy atom. The molecule has 0 unspecified atom stereocenters. The molecule has 0 heterocycles. The zero-order chi connectivity index (χ0) is 18.3. The van der Waals surface area contributed by atoms with E-state index in [-0.39, 0.29) is 21.7 Å². The zero-order valence-electron chi connectivity index (χ0n) is 11.7. The number of rotatable bonds is 7. The molecule has 0 aliphatic heterocycles. The van der Waals surface area contributed by atoms with Crippen LogP contribution in [0.25, 0.3) is 0 Å². The van der Waals surface area contributed by atoms with Gasteiger partial charge in [0.1, 0.15) is 33.2 Å². The van der Waals surface area contributed by atoms with E-state index in [1.807, 2.05) is 0 Å². The molecule has 0 N–H and O–H groups in total. The molecule has 1 aromatic rings. The van der Waals surface area contributed by atoms with Gasteiger partial charge in [0.25, 0.3) is 0 Å². The van der Waals surface area contributed by atoms with E-state index in [0.29, 0.717) is 0 Å². The zero-order valence-corrected chi connectivity index (χ0v) is 16.4. The van der Waals surface area contributed by atoms with E-state index in [1.165, 1.54) is 0 Å². The average Bonchev–Trinajstić information content (AvgIpc) is 2.53. The largest absolute Gasteiger partial charge is 0.545 e. The molecule has 8 nitrogen and oxygen atoms in total. The van der Waals surface area contributed by atoms with Gasteiger partial charge in [-0.05, 0) is 0 Å². The molecular formula is C13H8Br3O8-. The van der Waals surface area contributed by atoms with Crippen LogP contribution in [0.5, 0.6) is 17.2 Å². The first-order chi connectivity index (χ1) is 11.3. The van der Waals surface area contributed by atoms with Crippen LogP contribution < -0.4 is 19.3 Å². The molecule has 11 heteroatoms. The van der Waals surface area contributed by atoms with Crippen molar-refractivity contribution in [2.75, 3.05) is 16.0 Å². The summed E-state index contributed by atoms with van der Waals surface area (Å²) in [6, 6.07) is 2.00. The molecule has 0 saturated carbocycles. The summed E-state index contributed by atoms with van der Waals surface area (Å²) in [5.74, 6) is -5.25. The van der Waals surface area contributed by atoms with Crippen LogP contribution in [-0.4, -0.2) is 39.9 Å². The number of aromatic carboxylic acids is 1. The lowest BCUT2D eigenvalue weighted by Crippen LogP contribution is -2.26. The Hall–Kier alpha value is -1.46. The van der Waals surface area contributed by atoms with Gasteiger partial charge in [0, 0.05) is 12.1 Å². The van der Waals surface area contributed by atoms with Crippen molar-refractivity contribution in [1.82, 2.24) is 0 Å². The van der Waals surface area contributed by atoms with Crippen LogP contribution in [0.3, 0.4) is 0 Å². The Labute approximate surface area is 160 Å². The molecule has 1 aromatic carbocycles. The lowest BCUT2D eigenvalue weighted by molar-refractivity contribution is -0.255. The third-order valence-electron chi connectivity index (χ3n) is 2.25. The summed E-state index contributed by atoms with van der Waals surface area (Å²) < 4.78 is 14.6. The van der Waals surface area contributed by atoms with E-state index in [4.69, 9.17) is 14.2 Å². The highest BCUT2D eigenvalue weighted by Gasteiger charge is 2.20. The fraction of sp³-hybridized carbons (Fsp3) is 0.231. The van der Waals surface area contributed by atoms with E-state index in [0.717, 1.165) is 12.1 Å². The monoisotopic (exact) mass is 529 g/mol. The fourth-order valence-electron chi connectivity index (χ4n) is 1.45. The number of halogens is 3. The molecule has 0 aliphatic carbocycles. The number of carbonyl (C=O) groups excluding carboxylic acids is 4. The Morgan fingerprint density at radius 3 is 1.50 bits per heavy atom. The molecule has 0 fully saturated rings. The number of hydrogen-bond acceptors (Lipinski definition) is 8. The summed E-state index contributed by atoms with van der Waals surface area (Å²) in [6.07, 6.45) is 0. The molecule has 0 amide bonds. The minimum atomic E-state index is -1.75. The molecule has 0 spiro atoms. The molecule has 0 radical (unpaired) electrons. The van der Waals surface area contributed by atoms with Gasteiger partial charge in [-0.1, -0.05) is 47.8 Å². The molecule has 0 bridgehead atoms. The van der Waals surface area contributed by atoms with Crippen molar-refractivity contribution in [3.63, 3.8) is 0 Å². The summed E-state index contributed by atoms with van der Waals surface area (Å²) >= 11 is 8.59. The van der Waals surface area contributed by atoms with Crippen molar-refractivity contribution >= 4 is 71.7 Å². The Kier molecular flexibility index (Phi) is 8.36. The second kappa shape index (κ2) is 9.74. The Morgan fingerprint density at radius 1 is 0.792 bits per heavy atom. The first-order valence-electron chi connectivity index (χ1n) is 6.01. The van der Waals surface area contributed by atoms with Gasteiger partial charge in [-0.25, -0.2) is 0 Å². The smallest absolute Gasteiger partial charge is 0.321 e. The second-order valence-electron chi connectivity index (χ2n) is 3.91. The predicted octanol–water partition coefficient (Wildman–Crippen LogP) is 0.951. The van der Waals surface area contributed by atoms with Crippen molar-refractivity contribution in [3.05, 3.63) is 17.7 Å². The maximum absolute atomic E-state index is 11.4. The fourth-order valence-corrected chi connectivity index (χ4v) is 1.79. The van der Waals surface area contributed by atoms with E-state index in [1.54, 1.807) is 0 Å². The van der Waals surface area contributed by atoms with Gasteiger partial charge in [0.15, 0.2) is 0 Å². The van der Waals surface area contributed by atoms with Crippen molar-refractivity contribution in [2.24, 2.45) is 0 Å². The highest BCUT2D eigenvalue weighted by molar-refractivity contribution is 9.09. The lowest BCUT2D eigenvalue weighted by Gasteiger charge is -2.16. The van der Waals surface area contributed by atoms with Crippen LogP contribution in [0.1, 0.15) is 10.4 Å². The van der Waals surface area contributed by atoms with Gasteiger partial charge in [-0.2, -0.15) is 0 Å². The highest BCUT2D eigenvalue weighted by atomic mass is 79.9. The van der Waals surface area contributed by atoms with Crippen molar-refractivity contribution in [2.45, 2.75) is 0 Å². The number of carboxylic acid groups (broad SMARTS) is 1. The first kappa shape index (κ1) is 20.6. The van der Waals surface area contributed by atoms with Crippen LogP contribution in [0.2, 0.25) is 0 Å². The SMILES string of the molecule is O=C(CBr)Oc1cc(OC(=O)CBr)c(C(=O)[O-])c(OC(=O)CBr)c1. The minimum absolute atomic E-state index is 0.137. The molecule has 24 heavy (non-hydrogen) atoms. The van der Waals surface area contributed by atoms with Crippen molar-refractivity contribution < 1.29 is 38.5 Å². The standard InChI is InChI=1S/C13H9Br3O8/c14-3-9(17)22-6-1-7(23-10(18)4-15)12(13(20)21)8(2-6)24-11(19)5-16/h1-2H,3-5H2,(H,20,21)/p-1. The Bertz CT molecular complexity index is 634. The van der Waals surface area contributed by atoms with Gasteiger partial charge in [-0.15, -0.1) is 0 Å². The summed E-state index contributed by atoms with van der Waals surface area (Å²) in [4.78, 5) is 45.5. The third-order valence-corrected chi connectivity index (χ3v) is 3.62. The van der Waals surface area contributed by atoms with Gasteiger partial charge in [0.05, 0.1) is 11.5 Å². The van der Waals surface area contributed by atoms with Gasteiger partial charge >= 0.3 is 17.9 Å². The second-order valence-corrected chi connectivity index (χ2v) is 5.59. The number of carboxylic acids is 1. The molecule has 0 aliphatic rings. The van der Waals surface area contributed by atoms with Crippen LogP contribution in [0.15, 0.2) is 12.1 Å². The molecule has 130 valence electrons. The normalized spacial score (nSPS) is 9.96. The van der Waals surface area contributed by atoms with Crippen LogP contribution >= 0.6 is 47.8 Å². The summed E-state index contributed by atoms with van der Waals surface area (Å²) in [7, 11) is 0. The van der Waals surface area contributed by atoms with E-state index >= 15 is 0 Å². The maximum atomic E-state index is 11.4. The quantitative estimate of drug-likeness (QED) is 0.290. The van der Waals surface area contributed by atoms with E-state index in [2.05, 4.69) is 47.8 Å². The third kappa shape index (κ3) is 5.87. The molecule has 0 aromatic heterocycles. The maximum Gasteiger partial charge on any atom is 0.321 e. The highest BCUT2D eigenvalue weighted by Crippen LogP contribution is 2.34. The van der Waals surface area contributed by atoms with Gasteiger partial charge < -0.3 is 24.1 Å². The van der Waals surface area contributed by atoms with E-state index < -0.39 is 40.9 Å². The van der Waals surface area contributed by atoms with Crippen molar-refractivity contribution in [1.29, 1.82) is 0 Å². The summed E-state index contributed by atoms with van der Waals surface area (Å²) in [5.41, 5.74) is -0.669. The minimum Gasteiger partial charge on any atom is -0.545 e. The van der Waals surface area contributed by atoms with Crippen molar-refractivity contribution in [3.8, 4) is 17.2 Å². The lowest BCUT2D eigenvalue weighted by atomic mass is 10.1. The van der Waals surface area contributed by atoms with Crippen LogP contribution in [0, 0.1) is 0 Å². The number of ether oxygens (including phenoxy) is 3. The molecule has 0 atom stereocenters. The summed E-state index contributed by atoms with van der Waals surface area (Å²) in [6.45, 7) is 0. The Balaban J connectivity index is 3.44. The summed E-state index contributed by atoms with van der Waals surface area (Å²) in [5, 5.41) is 10.8. The first-order valence-corrected chi connectivity index (χ1v) is 9.38. The molecule has 1 rings (SSSR count). The van der Waals surface area contributed by atoms with Gasteiger partial charge in [-0.3, -0.25) is 14.4 Å². The van der Waals surface area contributed by atoms with E-state index in [9.17, 15) is 24.3 Å². The van der Waals surface area contributed by atoms with Gasteiger partial charge in [0.2, 0.25) is 0 Å². The average molecular weight is 532 g/mol. The number of alkyl halides is 3. The molecule has 0 saturated heterocycles. The molecular weight excluding hydrogens is 524 g/mol. The number of esters is 3.